The standard InChI is InChI=1S/C25H31NO7S/c1-15-16(2)18(4)24(19(5)17(15)3)21(27)14-33-25(28)20-7-8-22(31-6)23(13-20)34(29,30)26-9-11-32-12-10-26/h7-8,13H,9-12,14H2,1-6H3. The number of ketones is 1. The van der Waals surface area contributed by atoms with Gasteiger partial charge in [0.2, 0.25) is 15.8 Å². The van der Waals surface area contributed by atoms with E-state index < -0.39 is 22.6 Å². The Kier molecular flexibility index (Phi) is 7.80. The van der Waals surface area contributed by atoms with Crippen molar-refractivity contribution in [1.82, 2.24) is 4.31 Å². The van der Waals surface area contributed by atoms with Crippen LogP contribution in [-0.2, 0) is 19.5 Å². The van der Waals surface area contributed by atoms with Gasteiger partial charge in [-0.1, -0.05) is 0 Å². The Morgan fingerprint density at radius 2 is 1.50 bits per heavy atom. The average molecular weight is 490 g/mol. The lowest BCUT2D eigenvalue weighted by Crippen LogP contribution is -2.40. The molecule has 1 saturated heterocycles. The monoisotopic (exact) mass is 489 g/mol. The Morgan fingerprint density at radius 1 is 0.941 bits per heavy atom. The Morgan fingerprint density at radius 3 is 2.06 bits per heavy atom. The van der Waals surface area contributed by atoms with Crippen LogP contribution in [-0.4, -0.2) is 64.5 Å². The second-order valence-corrected chi connectivity index (χ2v) is 10.3. The summed E-state index contributed by atoms with van der Waals surface area (Å²) in [5, 5.41) is 0. The zero-order chi connectivity index (χ0) is 25.2. The molecule has 0 aliphatic carbocycles. The number of carbonyl (C=O) groups excluding carboxylic acids is 2. The Hall–Kier alpha value is -2.75. The van der Waals surface area contributed by atoms with Gasteiger partial charge in [-0.15, -0.1) is 0 Å². The van der Waals surface area contributed by atoms with Crippen LogP contribution in [0.1, 0.15) is 48.5 Å². The molecule has 2 aromatic carbocycles. The van der Waals surface area contributed by atoms with Crippen molar-refractivity contribution in [2.24, 2.45) is 0 Å². The number of Topliss-reactive ketones (excluding diaryl/α,β-unsaturated/α-hetero) is 1. The summed E-state index contributed by atoms with van der Waals surface area (Å²) in [5.41, 5.74) is 5.51. The van der Waals surface area contributed by atoms with E-state index in [1.54, 1.807) is 0 Å². The van der Waals surface area contributed by atoms with E-state index in [0.717, 1.165) is 27.8 Å². The molecular formula is C25H31NO7S. The number of benzene rings is 2. The molecule has 0 aromatic heterocycles. The van der Waals surface area contributed by atoms with Gasteiger partial charge in [-0.25, -0.2) is 13.2 Å². The molecule has 184 valence electrons. The van der Waals surface area contributed by atoms with E-state index in [9.17, 15) is 18.0 Å². The zero-order valence-corrected chi connectivity index (χ0v) is 21.3. The van der Waals surface area contributed by atoms with Crippen LogP contribution in [0.5, 0.6) is 5.75 Å². The zero-order valence-electron chi connectivity index (χ0n) is 20.5. The van der Waals surface area contributed by atoms with Crippen molar-refractivity contribution in [3.8, 4) is 5.75 Å². The number of hydrogen-bond acceptors (Lipinski definition) is 7. The highest BCUT2D eigenvalue weighted by atomic mass is 32.2. The molecule has 1 heterocycles. The lowest BCUT2D eigenvalue weighted by molar-refractivity contribution is 0.0474. The van der Waals surface area contributed by atoms with Crippen LogP contribution >= 0.6 is 0 Å². The summed E-state index contributed by atoms with van der Waals surface area (Å²) < 4.78 is 43.3. The Balaban J connectivity index is 1.84. The maximum atomic E-state index is 13.1. The van der Waals surface area contributed by atoms with Crippen LogP contribution in [0, 0.1) is 34.6 Å². The highest BCUT2D eigenvalue weighted by molar-refractivity contribution is 7.89. The van der Waals surface area contributed by atoms with Gasteiger partial charge in [-0.3, -0.25) is 4.79 Å². The van der Waals surface area contributed by atoms with E-state index in [1.807, 2.05) is 34.6 Å². The maximum Gasteiger partial charge on any atom is 0.338 e. The third kappa shape index (κ3) is 4.87. The molecule has 0 atom stereocenters. The minimum atomic E-state index is -3.91. The average Bonchev–Trinajstić information content (AvgIpc) is 2.85. The summed E-state index contributed by atoms with van der Waals surface area (Å²) in [5.74, 6) is -0.967. The first-order chi connectivity index (χ1) is 16.0. The minimum Gasteiger partial charge on any atom is -0.495 e. The first kappa shape index (κ1) is 25.9. The lowest BCUT2D eigenvalue weighted by Gasteiger charge is -2.26. The van der Waals surface area contributed by atoms with Gasteiger partial charge in [0.05, 0.1) is 25.9 Å². The van der Waals surface area contributed by atoms with Crippen LogP contribution in [0.3, 0.4) is 0 Å². The molecule has 1 aliphatic heterocycles. The van der Waals surface area contributed by atoms with Crippen LogP contribution in [0.2, 0.25) is 0 Å². The van der Waals surface area contributed by atoms with Gasteiger partial charge < -0.3 is 14.2 Å². The van der Waals surface area contributed by atoms with Crippen molar-refractivity contribution in [2.75, 3.05) is 40.0 Å². The SMILES string of the molecule is COc1ccc(C(=O)OCC(=O)c2c(C)c(C)c(C)c(C)c2C)cc1S(=O)(=O)N1CCOCC1. The van der Waals surface area contributed by atoms with Gasteiger partial charge in [-0.2, -0.15) is 4.31 Å². The van der Waals surface area contributed by atoms with Crippen molar-refractivity contribution >= 4 is 21.8 Å². The van der Waals surface area contributed by atoms with E-state index in [1.165, 1.54) is 29.6 Å². The Labute approximate surface area is 200 Å². The summed E-state index contributed by atoms with van der Waals surface area (Å²) in [6.45, 7) is 10.3. The van der Waals surface area contributed by atoms with Gasteiger partial charge >= 0.3 is 5.97 Å². The molecule has 0 N–H and O–H groups in total. The summed E-state index contributed by atoms with van der Waals surface area (Å²) in [7, 11) is -2.54. The van der Waals surface area contributed by atoms with Crippen LogP contribution in [0.25, 0.3) is 0 Å². The quantitative estimate of drug-likeness (QED) is 0.435. The lowest BCUT2D eigenvalue weighted by atomic mass is 9.88. The first-order valence-corrected chi connectivity index (χ1v) is 12.5. The second-order valence-electron chi connectivity index (χ2n) is 8.38. The third-order valence-corrected chi connectivity index (χ3v) is 8.52. The fourth-order valence-electron chi connectivity index (χ4n) is 4.14. The van der Waals surface area contributed by atoms with Crippen LogP contribution in [0.4, 0.5) is 0 Å². The fourth-order valence-corrected chi connectivity index (χ4v) is 5.73. The highest BCUT2D eigenvalue weighted by Gasteiger charge is 2.30. The molecular weight excluding hydrogens is 458 g/mol. The molecule has 0 radical (unpaired) electrons. The molecule has 0 spiro atoms. The number of ether oxygens (including phenoxy) is 3. The largest absolute Gasteiger partial charge is 0.495 e. The van der Waals surface area contributed by atoms with E-state index in [4.69, 9.17) is 14.2 Å². The number of methoxy groups -OCH3 is 1. The number of nitrogens with zero attached hydrogens (tertiary/aromatic N) is 1. The molecule has 0 unspecified atom stereocenters. The van der Waals surface area contributed by atoms with Crippen molar-refractivity contribution in [2.45, 2.75) is 39.5 Å². The molecule has 34 heavy (non-hydrogen) atoms. The second kappa shape index (κ2) is 10.2. The van der Waals surface area contributed by atoms with E-state index in [0.29, 0.717) is 18.8 Å². The van der Waals surface area contributed by atoms with Crippen molar-refractivity contribution in [3.05, 3.63) is 57.1 Å². The molecule has 3 rings (SSSR count). The topological polar surface area (TPSA) is 99.2 Å². The fraction of sp³-hybridized carbons (Fsp3) is 0.440. The van der Waals surface area contributed by atoms with Gasteiger partial charge in [-0.05, 0) is 80.6 Å². The van der Waals surface area contributed by atoms with Gasteiger partial charge in [0.1, 0.15) is 10.6 Å². The molecule has 0 bridgehead atoms. The summed E-state index contributed by atoms with van der Waals surface area (Å²) in [6.07, 6.45) is 0. The maximum absolute atomic E-state index is 13.1. The van der Waals surface area contributed by atoms with Gasteiger partial charge in [0, 0.05) is 18.7 Å². The number of carbonyl (C=O) groups is 2. The van der Waals surface area contributed by atoms with E-state index in [2.05, 4.69) is 0 Å². The van der Waals surface area contributed by atoms with Crippen molar-refractivity contribution in [1.29, 1.82) is 0 Å². The number of hydrogen-bond donors (Lipinski definition) is 0. The predicted octanol–water partition coefficient (Wildman–Crippen LogP) is 3.30. The molecule has 0 saturated carbocycles. The van der Waals surface area contributed by atoms with Crippen LogP contribution in [0.15, 0.2) is 23.1 Å². The smallest absolute Gasteiger partial charge is 0.338 e. The van der Waals surface area contributed by atoms with E-state index in [-0.39, 0.29) is 35.1 Å². The van der Waals surface area contributed by atoms with Crippen molar-refractivity contribution < 1.29 is 32.2 Å². The van der Waals surface area contributed by atoms with E-state index >= 15 is 0 Å². The molecule has 1 fully saturated rings. The van der Waals surface area contributed by atoms with Crippen molar-refractivity contribution in [3.63, 3.8) is 0 Å². The summed E-state index contributed by atoms with van der Waals surface area (Å²) in [4.78, 5) is 25.6. The number of rotatable bonds is 7. The molecule has 0 amide bonds. The molecule has 9 heteroatoms. The Bertz CT molecular complexity index is 1200. The van der Waals surface area contributed by atoms with Gasteiger partial charge in [0.25, 0.3) is 0 Å². The van der Waals surface area contributed by atoms with Crippen LogP contribution < -0.4 is 4.74 Å². The number of sulfonamides is 1. The van der Waals surface area contributed by atoms with Gasteiger partial charge in [0.15, 0.2) is 6.61 Å². The highest BCUT2D eigenvalue weighted by Crippen LogP contribution is 2.29. The summed E-state index contributed by atoms with van der Waals surface area (Å²) in [6, 6.07) is 4.06. The number of morpholine rings is 1. The number of esters is 1. The third-order valence-electron chi connectivity index (χ3n) is 6.60. The molecule has 1 aliphatic rings. The molecule has 8 nitrogen and oxygen atoms in total. The summed E-state index contributed by atoms with van der Waals surface area (Å²) >= 11 is 0. The first-order valence-electron chi connectivity index (χ1n) is 11.0. The normalized spacial score (nSPS) is 14.6. The minimum absolute atomic E-state index is 0.0187. The molecule has 2 aromatic rings. The predicted molar refractivity (Wildman–Crippen MR) is 127 cm³/mol.